The summed E-state index contributed by atoms with van der Waals surface area (Å²) in [7, 11) is 0. The van der Waals surface area contributed by atoms with Crippen LogP contribution in [-0.4, -0.2) is 16.5 Å². The first-order valence-corrected chi connectivity index (χ1v) is 11.0. The Morgan fingerprint density at radius 2 is 1.64 bits per heavy atom. The van der Waals surface area contributed by atoms with E-state index in [0.29, 0.717) is 17.0 Å². The maximum atomic E-state index is 10.9. The highest BCUT2D eigenvalue weighted by atomic mass is 16.6. The fourth-order valence-corrected chi connectivity index (χ4v) is 3.35. The minimum atomic E-state index is -0.448. The Labute approximate surface area is 192 Å². The fourth-order valence-electron chi connectivity index (χ4n) is 3.35. The largest absolute Gasteiger partial charge is 0.494 e. The number of hydrogen-bond acceptors (Lipinski definition) is 5. The fraction of sp³-hybridized carbons (Fsp3) is 0.222. The molecule has 0 aliphatic heterocycles. The van der Waals surface area contributed by atoms with Crippen molar-refractivity contribution in [2.75, 3.05) is 6.61 Å². The van der Waals surface area contributed by atoms with Crippen molar-refractivity contribution in [3.05, 3.63) is 88.0 Å². The summed E-state index contributed by atoms with van der Waals surface area (Å²) in [5.41, 5.74) is 3.50. The highest BCUT2D eigenvalue weighted by molar-refractivity contribution is 5.78. The Balaban J connectivity index is 1.39. The molecule has 6 heteroatoms. The van der Waals surface area contributed by atoms with Crippen LogP contribution in [0.25, 0.3) is 22.6 Å². The molecule has 0 bridgehead atoms. The average Bonchev–Trinajstić information content (AvgIpc) is 3.27. The van der Waals surface area contributed by atoms with Gasteiger partial charge in [0.15, 0.2) is 5.58 Å². The van der Waals surface area contributed by atoms with Crippen LogP contribution < -0.4 is 4.74 Å². The van der Waals surface area contributed by atoms with Gasteiger partial charge in [-0.15, -0.1) is 0 Å². The van der Waals surface area contributed by atoms with Crippen molar-refractivity contribution >= 4 is 16.8 Å². The van der Waals surface area contributed by atoms with Gasteiger partial charge in [-0.2, -0.15) is 0 Å². The van der Waals surface area contributed by atoms with Gasteiger partial charge in [0.1, 0.15) is 11.3 Å². The van der Waals surface area contributed by atoms with E-state index in [1.807, 2.05) is 48.5 Å². The van der Waals surface area contributed by atoms with Crippen molar-refractivity contribution in [3.8, 4) is 29.0 Å². The summed E-state index contributed by atoms with van der Waals surface area (Å²) in [5, 5.41) is 10.9. The smallest absolute Gasteiger partial charge is 0.271 e. The van der Waals surface area contributed by atoms with Gasteiger partial charge in [0.05, 0.1) is 11.5 Å². The molecule has 3 aromatic carbocycles. The van der Waals surface area contributed by atoms with Gasteiger partial charge in [-0.25, -0.2) is 4.98 Å². The van der Waals surface area contributed by atoms with Crippen molar-refractivity contribution < 1.29 is 14.1 Å². The zero-order chi connectivity index (χ0) is 23.0. The predicted octanol–water partition coefficient (Wildman–Crippen LogP) is 6.76. The number of ether oxygens (including phenoxy) is 1. The maximum Gasteiger partial charge on any atom is 0.271 e. The molecule has 0 atom stereocenters. The van der Waals surface area contributed by atoms with E-state index in [1.165, 1.54) is 31.4 Å². The highest BCUT2D eigenvalue weighted by Gasteiger charge is 2.12. The number of nitrogens with zero attached hydrogens (tertiary/aromatic N) is 2. The zero-order valence-corrected chi connectivity index (χ0v) is 18.4. The van der Waals surface area contributed by atoms with Crippen molar-refractivity contribution in [1.29, 1.82) is 0 Å². The van der Waals surface area contributed by atoms with Gasteiger partial charge in [0.2, 0.25) is 5.89 Å². The second-order valence-corrected chi connectivity index (χ2v) is 7.69. The molecule has 0 N–H and O–H groups in total. The molecule has 0 aliphatic rings. The molecule has 6 nitrogen and oxygen atoms in total. The van der Waals surface area contributed by atoms with Crippen LogP contribution >= 0.6 is 0 Å². The summed E-state index contributed by atoms with van der Waals surface area (Å²) >= 11 is 0. The van der Waals surface area contributed by atoms with Gasteiger partial charge in [0, 0.05) is 28.8 Å². The molecule has 0 fully saturated rings. The van der Waals surface area contributed by atoms with Gasteiger partial charge in [-0.3, -0.25) is 10.1 Å². The van der Waals surface area contributed by atoms with Crippen LogP contribution in [-0.2, 0) is 0 Å². The molecule has 0 spiro atoms. The first-order chi connectivity index (χ1) is 16.1. The lowest BCUT2D eigenvalue weighted by Crippen LogP contribution is -1.96. The number of hydrogen-bond donors (Lipinski definition) is 0. The molecule has 0 amide bonds. The first-order valence-electron chi connectivity index (χ1n) is 11.0. The summed E-state index contributed by atoms with van der Waals surface area (Å²) in [6.07, 6.45) is 4.75. The van der Waals surface area contributed by atoms with Gasteiger partial charge < -0.3 is 9.15 Å². The second-order valence-electron chi connectivity index (χ2n) is 7.69. The molecule has 0 aliphatic carbocycles. The van der Waals surface area contributed by atoms with Crippen LogP contribution in [0.4, 0.5) is 5.69 Å². The molecular weight excluding hydrogens is 416 g/mol. The monoisotopic (exact) mass is 440 g/mol. The molecule has 33 heavy (non-hydrogen) atoms. The Morgan fingerprint density at radius 3 is 2.30 bits per heavy atom. The Kier molecular flexibility index (Phi) is 7.01. The number of aromatic nitrogens is 1. The van der Waals surface area contributed by atoms with Crippen LogP contribution in [0.5, 0.6) is 5.75 Å². The SMILES string of the molecule is CCCCCCOc1ccc(C#Cc2ccc(-c3nc4cc([N+](=O)[O-])ccc4o3)cc2)cc1. The third kappa shape index (κ3) is 5.78. The Bertz CT molecular complexity index is 1300. The Morgan fingerprint density at radius 1 is 0.939 bits per heavy atom. The molecule has 0 saturated heterocycles. The van der Waals surface area contributed by atoms with E-state index in [1.54, 1.807) is 6.07 Å². The number of nitro benzene ring substituents is 1. The number of fused-ring (bicyclic) bond motifs is 1. The van der Waals surface area contributed by atoms with Gasteiger partial charge >= 0.3 is 0 Å². The van der Waals surface area contributed by atoms with Crippen LogP contribution in [0, 0.1) is 22.0 Å². The average molecular weight is 440 g/mol. The maximum absolute atomic E-state index is 10.9. The number of oxazole rings is 1. The van der Waals surface area contributed by atoms with Crippen LogP contribution in [0.1, 0.15) is 43.7 Å². The molecular formula is C27H24N2O4. The minimum absolute atomic E-state index is 0.0143. The van der Waals surface area contributed by atoms with Gasteiger partial charge in [0.25, 0.3) is 5.69 Å². The summed E-state index contributed by atoms with van der Waals surface area (Å²) in [6.45, 7) is 2.94. The van der Waals surface area contributed by atoms with E-state index in [-0.39, 0.29) is 5.69 Å². The number of nitro groups is 1. The third-order valence-electron chi connectivity index (χ3n) is 5.19. The lowest BCUT2D eigenvalue weighted by Gasteiger charge is -2.05. The van der Waals surface area contributed by atoms with E-state index in [0.717, 1.165) is 35.5 Å². The van der Waals surface area contributed by atoms with Crippen molar-refractivity contribution in [2.24, 2.45) is 0 Å². The normalized spacial score (nSPS) is 10.6. The second kappa shape index (κ2) is 10.5. The lowest BCUT2D eigenvalue weighted by atomic mass is 10.1. The Hall–Kier alpha value is -4.11. The lowest BCUT2D eigenvalue weighted by molar-refractivity contribution is -0.384. The summed E-state index contributed by atoms with van der Waals surface area (Å²) in [6, 6.07) is 19.7. The quantitative estimate of drug-likeness (QED) is 0.131. The van der Waals surface area contributed by atoms with E-state index in [4.69, 9.17) is 9.15 Å². The zero-order valence-electron chi connectivity index (χ0n) is 18.4. The molecule has 0 saturated carbocycles. The van der Waals surface area contributed by atoms with Gasteiger partial charge in [-0.1, -0.05) is 38.0 Å². The number of rotatable bonds is 8. The summed E-state index contributed by atoms with van der Waals surface area (Å²) in [4.78, 5) is 14.9. The van der Waals surface area contributed by atoms with E-state index in [2.05, 4.69) is 23.7 Å². The molecule has 166 valence electrons. The molecule has 4 rings (SSSR count). The third-order valence-corrected chi connectivity index (χ3v) is 5.19. The standard InChI is InChI=1S/C27H24N2O4/c1-2-3-4-5-18-32-24-15-10-21(11-16-24)7-6-20-8-12-22(13-9-20)27-28-25-19-23(29(30)31)14-17-26(25)33-27/h8-17,19H,2-5,18H2,1H3. The first kappa shape index (κ1) is 22.1. The predicted molar refractivity (Wildman–Crippen MR) is 128 cm³/mol. The van der Waals surface area contributed by atoms with Crippen LogP contribution in [0.2, 0.25) is 0 Å². The molecule has 1 aromatic heterocycles. The topological polar surface area (TPSA) is 78.4 Å². The van der Waals surface area contributed by atoms with E-state index < -0.39 is 4.92 Å². The van der Waals surface area contributed by atoms with E-state index in [9.17, 15) is 10.1 Å². The van der Waals surface area contributed by atoms with Crippen molar-refractivity contribution in [3.63, 3.8) is 0 Å². The summed E-state index contributed by atoms with van der Waals surface area (Å²) in [5.74, 6) is 7.59. The van der Waals surface area contributed by atoms with Gasteiger partial charge in [-0.05, 0) is 61.0 Å². The number of non-ortho nitro benzene ring substituents is 1. The van der Waals surface area contributed by atoms with Crippen molar-refractivity contribution in [2.45, 2.75) is 32.6 Å². The van der Waals surface area contributed by atoms with E-state index >= 15 is 0 Å². The van der Waals surface area contributed by atoms with Crippen molar-refractivity contribution in [1.82, 2.24) is 4.98 Å². The van der Waals surface area contributed by atoms with Crippen LogP contribution in [0.15, 0.2) is 71.1 Å². The number of benzene rings is 3. The number of unbranched alkanes of at least 4 members (excludes halogenated alkanes) is 3. The summed E-state index contributed by atoms with van der Waals surface area (Å²) < 4.78 is 11.5. The highest BCUT2D eigenvalue weighted by Crippen LogP contribution is 2.27. The molecule has 1 heterocycles. The molecule has 0 radical (unpaired) electrons. The minimum Gasteiger partial charge on any atom is -0.494 e. The molecule has 4 aromatic rings. The van der Waals surface area contributed by atoms with Crippen LogP contribution in [0.3, 0.4) is 0 Å². The molecule has 0 unspecified atom stereocenters.